The van der Waals surface area contributed by atoms with Gasteiger partial charge < -0.3 is 0 Å². The van der Waals surface area contributed by atoms with Crippen molar-refractivity contribution in [3.05, 3.63) is 0 Å². The summed E-state index contributed by atoms with van der Waals surface area (Å²) in [6.45, 7) is 8.00. The Morgan fingerprint density at radius 2 is 0.731 bits per heavy atom. The summed E-state index contributed by atoms with van der Waals surface area (Å²) < 4.78 is 29.5. The molecular weight excluding hydrogens is 347 g/mol. The number of unbranched alkanes of at least 4 members (excludes halogenated alkanes) is 12. The van der Waals surface area contributed by atoms with Crippen LogP contribution in [0.2, 0.25) is 0 Å². The topological polar surface area (TPSA) is 44.8 Å². The predicted octanol–water partition coefficient (Wildman–Crippen LogP) is 8.06. The first-order valence-electron chi connectivity index (χ1n) is 11.2. The van der Waals surface area contributed by atoms with Gasteiger partial charge in [0.25, 0.3) is 0 Å². The molecule has 0 bridgehead atoms. The van der Waals surface area contributed by atoms with Crippen molar-refractivity contribution >= 4 is 7.82 Å². The zero-order chi connectivity index (χ0) is 19.3. The third kappa shape index (κ3) is 17.5. The van der Waals surface area contributed by atoms with Gasteiger partial charge in [-0.15, -0.1) is 0 Å². The van der Waals surface area contributed by atoms with Gasteiger partial charge in [-0.1, -0.05) is 97.8 Å². The van der Waals surface area contributed by atoms with Gasteiger partial charge in [-0.3, -0.25) is 13.6 Å². The number of hydrogen-bond acceptors (Lipinski definition) is 4. The fraction of sp³-hybridized carbons (Fsp3) is 1.00. The fourth-order valence-electron chi connectivity index (χ4n) is 2.76. The molecule has 0 spiro atoms. The molecule has 0 aliphatic heterocycles. The van der Waals surface area contributed by atoms with Crippen LogP contribution in [0.15, 0.2) is 0 Å². The molecule has 0 saturated heterocycles. The lowest BCUT2D eigenvalue weighted by atomic mass is 10.2. The monoisotopic (exact) mass is 392 g/mol. The highest BCUT2D eigenvalue weighted by Gasteiger charge is 2.26. The molecule has 26 heavy (non-hydrogen) atoms. The van der Waals surface area contributed by atoms with Crippen LogP contribution in [0.4, 0.5) is 0 Å². The molecule has 158 valence electrons. The molecule has 0 aromatic carbocycles. The van der Waals surface area contributed by atoms with E-state index in [4.69, 9.17) is 13.6 Å². The SMILES string of the molecule is CCCCCCCOP(=O)(OCCCCCCC)OCCCCCCC. The summed E-state index contributed by atoms with van der Waals surface area (Å²) in [5.41, 5.74) is 0. The molecule has 0 saturated carbocycles. The third-order valence-corrected chi connectivity index (χ3v) is 5.99. The van der Waals surface area contributed by atoms with Gasteiger partial charge in [0.1, 0.15) is 0 Å². The maximum absolute atomic E-state index is 12.8. The molecule has 0 aromatic heterocycles. The molecule has 0 atom stereocenters. The van der Waals surface area contributed by atoms with Crippen LogP contribution < -0.4 is 0 Å². The lowest BCUT2D eigenvalue weighted by Crippen LogP contribution is -2.04. The average Bonchev–Trinajstić information content (AvgIpc) is 2.64. The van der Waals surface area contributed by atoms with Crippen LogP contribution in [0.5, 0.6) is 0 Å². The Hall–Kier alpha value is 0.110. The molecule has 0 amide bonds. The van der Waals surface area contributed by atoms with Crippen molar-refractivity contribution in [2.45, 2.75) is 117 Å². The van der Waals surface area contributed by atoms with E-state index in [0.29, 0.717) is 19.8 Å². The Kier molecular flexibility index (Phi) is 19.9. The van der Waals surface area contributed by atoms with Crippen molar-refractivity contribution < 1.29 is 18.1 Å². The summed E-state index contributed by atoms with van der Waals surface area (Å²) in [5, 5.41) is 0. The highest BCUT2D eigenvalue weighted by Crippen LogP contribution is 2.50. The fourth-order valence-corrected chi connectivity index (χ4v) is 4.04. The Bertz CT molecular complexity index is 276. The largest absolute Gasteiger partial charge is 0.474 e. The third-order valence-electron chi connectivity index (χ3n) is 4.49. The minimum atomic E-state index is -3.39. The first-order valence-corrected chi connectivity index (χ1v) is 12.7. The quantitative estimate of drug-likeness (QED) is 0.146. The summed E-state index contributed by atoms with van der Waals surface area (Å²) >= 11 is 0. The van der Waals surface area contributed by atoms with E-state index in [-0.39, 0.29) is 0 Å². The van der Waals surface area contributed by atoms with E-state index in [0.717, 1.165) is 38.5 Å². The first-order chi connectivity index (χ1) is 12.7. The summed E-state index contributed by atoms with van der Waals surface area (Å²) in [6.07, 6.45) is 17.1. The van der Waals surface area contributed by atoms with Gasteiger partial charge in [-0.05, 0) is 19.3 Å². The van der Waals surface area contributed by atoms with Gasteiger partial charge in [0, 0.05) is 0 Å². The van der Waals surface area contributed by atoms with E-state index in [1.165, 1.54) is 57.8 Å². The van der Waals surface area contributed by atoms with E-state index in [9.17, 15) is 4.57 Å². The molecule has 4 nitrogen and oxygen atoms in total. The molecule has 0 aliphatic rings. The summed E-state index contributed by atoms with van der Waals surface area (Å²) in [7, 11) is -3.39. The van der Waals surface area contributed by atoms with Crippen LogP contribution in [0, 0.1) is 0 Å². The second kappa shape index (κ2) is 19.9. The van der Waals surface area contributed by atoms with Crippen molar-refractivity contribution in [3.63, 3.8) is 0 Å². The van der Waals surface area contributed by atoms with Gasteiger partial charge in [-0.25, -0.2) is 4.57 Å². The molecular formula is C21H45O4P. The van der Waals surface area contributed by atoms with Crippen molar-refractivity contribution in [1.82, 2.24) is 0 Å². The van der Waals surface area contributed by atoms with Crippen LogP contribution in [-0.4, -0.2) is 19.8 Å². The van der Waals surface area contributed by atoms with Crippen LogP contribution in [-0.2, 0) is 18.1 Å². The number of rotatable bonds is 21. The van der Waals surface area contributed by atoms with Crippen LogP contribution in [0.1, 0.15) is 117 Å². The average molecular weight is 393 g/mol. The number of phosphoric acid groups is 1. The molecule has 0 N–H and O–H groups in total. The van der Waals surface area contributed by atoms with E-state index >= 15 is 0 Å². The highest BCUT2D eigenvalue weighted by atomic mass is 31.2. The predicted molar refractivity (Wildman–Crippen MR) is 112 cm³/mol. The van der Waals surface area contributed by atoms with Crippen LogP contribution in [0.25, 0.3) is 0 Å². The summed E-state index contributed by atoms with van der Waals surface area (Å²) in [4.78, 5) is 0. The second-order valence-corrected chi connectivity index (χ2v) is 8.86. The van der Waals surface area contributed by atoms with Crippen molar-refractivity contribution in [2.24, 2.45) is 0 Å². The van der Waals surface area contributed by atoms with Crippen LogP contribution >= 0.6 is 7.82 Å². The molecule has 0 aromatic rings. The van der Waals surface area contributed by atoms with Crippen molar-refractivity contribution in [2.75, 3.05) is 19.8 Å². The Labute approximate surface area is 163 Å². The van der Waals surface area contributed by atoms with Gasteiger partial charge in [-0.2, -0.15) is 0 Å². The first kappa shape index (κ1) is 26.1. The Morgan fingerprint density at radius 3 is 1.00 bits per heavy atom. The molecule has 0 unspecified atom stereocenters. The molecule has 0 fully saturated rings. The summed E-state index contributed by atoms with van der Waals surface area (Å²) in [6, 6.07) is 0. The molecule has 0 rings (SSSR count). The van der Waals surface area contributed by atoms with E-state index in [1.54, 1.807) is 0 Å². The maximum atomic E-state index is 12.8. The van der Waals surface area contributed by atoms with Gasteiger partial charge in [0.05, 0.1) is 19.8 Å². The van der Waals surface area contributed by atoms with Crippen molar-refractivity contribution in [3.8, 4) is 0 Å². The second-order valence-electron chi connectivity index (χ2n) is 7.19. The number of phosphoric ester groups is 1. The molecule has 0 radical (unpaired) electrons. The van der Waals surface area contributed by atoms with Crippen molar-refractivity contribution in [1.29, 1.82) is 0 Å². The van der Waals surface area contributed by atoms with E-state index < -0.39 is 7.82 Å². The lowest BCUT2D eigenvalue weighted by molar-refractivity contribution is 0.108. The van der Waals surface area contributed by atoms with Gasteiger partial charge >= 0.3 is 7.82 Å². The van der Waals surface area contributed by atoms with E-state index in [1.807, 2.05) is 0 Å². The highest BCUT2D eigenvalue weighted by molar-refractivity contribution is 7.48. The standard InChI is InChI=1S/C21H45O4P/c1-4-7-10-13-16-19-23-26(22,24-20-17-14-11-8-5-2)25-21-18-15-12-9-6-3/h4-21H2,1-3H3. The smallest absolute Gasteiger partial charge is 0.287 e. The zero-order valence-corrected chi connectivity index (χ0v) is 18.7. The maximum Gasteiger partial charge on any atom is 0.474 e. The molecule has 0 aliphatic carbocycles. The van der Waals surface area contributed by atoms with Crippen LogP contribution in [0.3, 0.4) is 0 Å². The number of hydrogen-bond donors (Lipinski definition) is 0. The normalized spacial score (nSPS) is 12.0. The molecule has 0 heterocycles. The van der Waals surface area contributed by atoms with Gasteiger partial charge in [0.2, 0.25) is 0 Å². The Morgan fingerprint density at radius 1 is 0.462 bits per heavy atom. The van der Waals surface area contributed by atoms with Gasteiger partial charge in [0.15, 0.2) is 0 Å². The lowest BCUT2D eigenvalue weighted by Gasteiger charge is -2.18. The Balaban J connectivity index is 4.04. The zero-order valence-electron chi connectivity index (χ0n) is 17.8. The minimum absolute atomic E-state index is 0.465. The minimum Gasteiger partial charge on any atom is -0.287 e. The summed E-state index contributed by atoms with van der Waals surface area (Å²) in [5.74, 6) is 0. The van der Waals surface area contributed by atoms with E-state index in [2.05, 4.69) is 20.8 Å². The molecule has 5 heteroatoms.